The first kappa shape index (κ1) is 8.62. The predicted octanol–water partition coefficient (Wildman–Crippen LogP) is 2.53. The number of nitrogen functional groups attached to an aromatic ring is 1. The van der Waals surface area contributed by atoms with Crippen LogP contribution in [0, 0.1) is 5.82 Å². The maximum absolute atomic E-state index is 12.7. The average molecular weight is 240 g/mol. The van der Waals surface area contributed by atoms with E-state index < -0.39 is 5.82 Å². The molecule has 2 nitrogen and oxygen atoms in total. The molecule has 1 rings (SSSR count). The van der Waals surface area contributed by atoms with Crippen molar-refractivity contribution in [2.75, 3.05) is 5.73 Å². The van der Waals surface area contributed by atoms with E-state index in [2.05, 4.69) is 15.9 Å². The third-order valence-corrected chi connectivity index (χ3v) is 2.06. The Morgan fingerprint density at radius 1 is 1.64 bits per heavy atom. The molecule has 0 heterocycles. The second kappa shape index (κ2) is 2.87. The molecule has 0 saturated heterocycles. The molecule has 11 heavy (non-hydrogen) atoms. The van der Waals surface area contributed by atoms with E-state index in [4.69, 9.17) is 22.4 Å². The molecular weight excluding hydrogens is 236 g/mol. The molecular formula is C6H4BrClFNO. The van der Waals surface area contributed by atoms with Gasteiger partial charge in [-0.2, -0.15) is 0 Å². The zero-order valence-electron chi connectivity index (χ0n) is 5.24. The molecule has 1 aromatic carbocycles. The van der Waals surface area contributed by atoms with Crippen molar-refractivity contribution >= 4 is 33.2 Å². The van der Waals surface area contributed by atoms with Crippen LogP contribution in [0.25, 0.3) is 0 Å². The number of aromatic hydroxyl groups is 1. The van der Waals surface area contributed by atoms with Crippen molar-refractivity contribution in [2.24, 2.45) is 0 Å². The van der Waals surface area contributed by atoms with E-state index in [1.54, 1.807) is 0 Å². The molecule has 0 unspecified atom stereocenters. The molecule has 0 aromatic heterocycles. The number of benzene rings is 1. The van der Waals surface area contributed by atoms with Crippen LogP contribution >= 0.6 is 27.5 Å². The average Bonchev–Trinajstić information content (AvgIpc) is 1.97. The molecule has 0 atom stereocenters. The molecule has 0 bridgehead atoms. The highest BCUT2D eigenvalue weighted by Crippen LogP contribution is 2.36. The van der Waals surface area contributed by atoms with Gasteiger partial charge in [0.2, 0.25) is 0 Å². The third-order valence-electron chi connectivity index (χ3n) is 1.18. The van der Waals surface area contributed by atoms with E-state index in [1.807, 2.05) is 0 Å². The van der Waals surface area contributed by atoms with Crippen LogP contribution in [0.15, 0.2) is 10.5 Å². The number of hydrogen-bond acceptors (Lipinski definition) is 2. The maximum Gasteiger partial charge on any atom is 0.168 e. The molecule has 0 aliphatic rings. The number of phenols is 1. The number of rotatable bonds is 0. The lowest BCUT2D eigenvalue weighted by molar-refractivity contribution is 0.469. The lowest BCUT2D eigenvalue weighted by atomic mass is 10.3. The minimum atomic E-state index is -0.799. The minimum Gasteiger partial charge on any atom is -0.505 e. The number of hydrogen-bond donors (Lipinski definition) is 2. The lowest BCUT2D eigenvalue weighted by Gasteiger charge is -2.03. The quantitative estimate of drug-likeness (QED) is 0.416. The topological polar surface area (TPSA) is 46.2 Å². The van der Waals surface area contributed by atoms with Crippen molar-refractivity contribution < 1.29 is 9.50 Å². The van der Waals surface area contributed by atoms with Gasteiger partial charge in [-0.3, -0.25) is 0 Å². The highest BCUT2D eigenvalue weighted by molar-refractivity contribution is 9.10. The molecule has 60 valence electrons. The molecule has 0 aliphatic carbocycles. The van der Waals surface area contributed by atoms with Crippen molar-refractivity contribution in [3.05, 3.63) is 21.4 Å². The molecule has 3 N–H and O–H groups in total. The second-order valence-corrected chi connectivity index (χ2v) is 3.18. The Kier molecular flexibility index (Phi) is 2.25. The van der Waals surface area contributed by atoms with Crippen LogP contribution in [0.3, 0.4) is 0 Å². The Hall–Kier alpha value is -0.480. The third kappa shape index (κ3) is 1.41. The summed E-state index contributed by atoms with van der Waals surface area (Å²) in [7, 11) is 0. The van der Waals surface area contributed by atoms with Gasteiger partial charge >= 0.3 is 0 Å². The number of anilines is 1. The standard InChI is InChI=1S/C6H4BrClFNO/c7-2-1-3(8)4(9)5(10)6(2)11/h1,11H,10H2. The number of nitrogens with two attached hydrogens (primary N) is 1. The van der Waals surface area contributed by atoms with Crippen molar-refractivity contribution in [1.82, 2.24) is 0 Å². The van der Waals surface area contributed by atoms with E-state index >= 15 is 0 Å². The monoisotopic (exact) mass is 239 g/mol. The first-order chi connectivity index (χ1) is 5.04. The first-order valence-electron chi connectivity index (χ1n) is 2.66. The molecule has 0 spiro atoms. The van der Waals surface area contributed by atoms with Crippen LogP contribution in [-0.2, 0) is 0 Å². The fourth-order valence-corrected chi connectivity index (χ4v) is 1.39. The van der Waals surface area contributed by atoms with Crippen molar-refractivity contribution in [1.29, 1.82) is 0 Å². The van der Waals surface area contributed by atoms with Crippen molar-refractivity contribution in [3.63, 3.8) is 0 Å². The zero-order chi connectivity index (χ0) is 8.59. The summed E-state index contributed by atoms with van der Waals surface area (Å²) in [5.74, 6) is -1.13. The van der Waals surface area contributed by atoms with Crippen molar-refractivity contribution in [2.45, 2.75) is 0 Å². The summed E-state index contributed by atoms with van der Waals surface area (Å²) in [5.41, 5.74) is 4.80. The fourth-order valence-electron chi connectivity index (χ4n) is 0.604. The van der Waals surface area contributed by atoms with Gasteiger partial charge in [-0.15, -0.1) is 0 Å². The Bertz CT molecular complexity index is 279. The second-order valence-electron chi connectivity index (χ2n) is 1.92. The maximum atomic E-state index is 12.7. The number of halogens is 3. The smallest absolute Gasteiger partial charge is 0.168 e. The Morgan fingerprint density at radius 2 is 2.18 bits per heavy atom. The van der Waals surface area contributed by atoms with Gasteiger partial charge in [0.25, 0.3) is 0 Å². The van der Waals surface area contributed by atoms with Crippen LogP contribution in [0.2, 0.25) is 5.02 Å². The summed E-state index contributed by atoms with van der Waals surface area (Å²) in [6.07, 6.45) is 0. The van der Waals surface area contributed by atoms with Gasteiger partial charge in [0.1, 0.15) is 5.69 Å². The largest absolute Gasteiger partial charge is 0.505 e. The van der Waals surface area contributed by atoms with Crippen LogP contribution in [0.4, 0.5) is 10.1 Å². The van der Waals surface area contributed by atoms with Gasteiger partial charge in [0.05, 0.1) is 9.50 Å². The van der Waals surface area contributed by atoms with E-state index in [0.29, 0.717) is 0 Å². The normalized spacial score (nSPS) is 10.1. The van der Waals surface area contributed by atoms with Gasteiger partial charge in [-0.05, 0) is 22.0 Å². The molecule has 0 saturated carbocycles. The molecule has 0 aliphatic heterocycles. The molecule has 0 radical (unpaired) electrons. The summed E-state index contributed by atoms with van der Waals surface area (Å²) >= 11 is 8.34. The molecule has 1 aromatic rings. The summed E-state index contributed by atoms with van der Waals surface area (Å²) in [6, 6.07) is 1.24. The van der Waals surface area contributed by atoms with Gasteiger partial charge in [-0.1, -0.05) is 11.6 Å². The summed E-state index contributed by atoms with van der Waals surface area (Å²) < 4.78 is 13.0. The molecule has 0 fully saturated rings. The summed E-state index contributed by atoms with van der Waals surface area (Å²) in [5, 5.41) is 8.92. The van der Waals surface area contributed by atoms with E-state index in [-0.39, 0.29) is 20.9 Å². The summed E-state index contributed by atoms with van der Waals surface area (Å²) in [4.78, 5) is 0. The van der Waals surface area contributed by atoms with Gasteiger partial charge in [0, 0.05) is 0 Å². The van der Waals surface area contributed by atoms with Gasteiger partial charge in [-0.25, -0.2) is 4.39 Å². The van der Waals surface area contributed by atoms with Crippen LogP contribution in [0.1, 0.15) is 0 Å². The predicted molar refractivity (Wildman–Crippen MR) is 45.2 cm³/mol. The molecule has 0 amide bonds. The Balaban J connectivity index is 3.46. The summed E-state index contributed by atoms with van der Waals surface area (Å²) in [6.45, 7) is 0. The zero-order valence-corrected chi connectivity index (χ0v) is 7.58. The minimum absolute atomic E-state index is 0.118. The lowest BCUT2D eigenvalue weighted by Crippen LogP contribution is -1.92. The SMILES string of the molecule is Nc1c(O)c(Br)cc(Cl)c1F. The van der Waals surface area contributed by atoms with Crippen LogP contribution < -0.4 is 5.73 Å². The van der Waals surface area contributed by atoms with E-state index in [9.17, 15) is 4.39 Å². The van der Waals surface area contributed by atoms with Crippen LogP contribution in [0.5, 0.6) is 5.75 Å². The highest BCUT2D eigenvalue weighted by Gasteiger charge is 2.11. The highest BCUT2D eigenvalue weighted by atomic mass is 79.9. The van der Waals surface area contributed by atoms with Crippen LogP contribution in [-0.4, -0.2) is 5.11 Å². The van der Waals surface area contributed by atoms with Gasteiger partial charge < -0.3 is 10.8 Å². The first-order valence-corrected chi connectivity index (χ1v) is 3.83. The molecule has 5 heteroatoms. The Morgan fingerprint density at radius 3 is 2.73 bits per heavy atom. The number of phenolic OH excluding ortho intramolecular Hbond substituents is 1. The van der Waals surface area contributed by atoms with Crippen molar-refractivity contribution in [3.8, 4) is 5.75 Å². The van der Waals surface area contributed by atoms with Gasteiger partial charge in [0.15, 0.2) is 11.6 Å². The Labute approximate surface area is 75.9 Å². The van der Waals surface area contributed by atoms with E-state index in [1.165, 1.54) is 6.07 Å². The fraction of sp³-hybridized carbons (Fsp3) is 0. The van der Waals surface area contributed by atoms with E-state index in [0.717, 1.165) is 0 Å².